The largest absolute Gasteiger partial charge is 0.438 e. The molecular formula is C25H28N2O3S. The Morgan fingerprint density at radius 3 is 2.48 bits per heavy atom. The molecule has 0 radical (unpaired) electrons. The van der Waals surface area contributed by atoms with Crippen molar-refractivity contribution in [2.24, 2.45) is 0 Å². The van der Waals surface area contributed by atoms with Crippen molar-refractivity contribution in [3.8, 4) is 10.6 Å². The van der Waals surface area contributed by atoms with Crippen LogP contribution in [0, 0.1) is 0 Å². The van der Waals surface area contributed by atoms with Crippen LogP contribution in [0.4, 0.5) is 4.79 Å². The summed E-state index contributed by atoms with van der Waals surface area (Å²) >= 11 is 1.60. The number of aromatic nitrogens is 1. The Balaban J connectivity index is 1.54. The van der Waals surface area contributed by atoms with Gasteiger partial charge in [0, 0.05) is 36.5 Å². The first-order valence-corrected chi connectivity index (χ1v) is 11.4. The fraction of sp³-hybridized carbons (Fsp3) is 0.360. The smallest absolute Gasteiger partial charge is 0.411 e. The van der Waals surface area contributed by atoms with E-state index >= 15 is 0 Å². The van der Waals surface area contributed by atoms with Gasteiger partial charge < -0.3 is 14.7 Å². The zero-order valence-electron chi connectivity index (χ0n) is 18.1. The molecule has 0 saturated carbocycles. The van der Waals surface area contributed by atoms with E-state index in [1.807, 2.05) is 66.9 Å². The van der Waals surface area contributed by atoms with Gasteiger partial charge in [-0.2, -0.15) is 0 Å². The first-order valence-electron chi connectivity index (χ1n) is 10.5. The molecule has 0 bridgehead atoms. The second kappa shape index (κ2) is 8.44. The van der Waals surface area contributed by atoms with Crippen molar-refractivity contribution >= 4 is 17.4 Å². The maximum atomic E-state index is 13.2. The summed E-state index contributed by atoms with van der Waals surface area (Å²) in [5.74, 6) is 0. The van der Waals surface area contributed by atoms with Gasteiger partial charge in [-0.1, -0.05) is 54.6 Å². The zero-order valence-corrected chi connectivity index (χ0v) is 18.9. The molecule has 0 spiro atoms. The molecule has 1 aliphatic heterocycles. The van der Waals surface area contributed by atoms with Crippen LogP contribution in [0.3, 0.4) is 0 Å². The van der Waals surface area contributed by atoms with Gasteiger partial charge in [-0.05, 0) is 31.9 Å². The van der Waals surface area contributed by atoms with E-state index in [0.717, 1.165) is 21.7 Å². The maximum absolute atomic E-state index is 13.2. The Kier molecular flexibility index (Phi) is 5.86. The van der Waals surface area contributed by atoms with E-state index in [-0.39, 0.29) is 12.1 Å². The third-order valence-corrected chi connectivity index (χ3v) is 6.65. The van der Waals surface area contributed by atoms with Gasteiger partial charge in [0.05, 0.1) is 11.6 Å². The van der Waals surface area contributed by atoms with Crippen LogP contribution in [0.2, 0.25) is 0 Å². The summed E-state index contributed by atoms with van der Waals surface area (Å²) in [6.07, 6.45) is 2.41. The number of ether oxygens (including phenoxy) is 1. The lowest BCUT2D eigenvalue weighted by atomic mass is 9.80. The van der Waals surface area contributed by atoms with Crippen LogP contribution in [-0.4, -0.2) is 33.2 Å². The molecule has 1 unspecified atom stereocenters. The minimum absolute atomic E-state index is 0.117. The highest BCUT2D eigenvalue weighted by Gasteiger charge is 2.46. The van der Waals surface area contributed by atoms with E-state index in [2.05, 4.69) is 4.98 Å². The first kappa shape index (κ1) is 21.5. The van der Waals surface area contributed by atoms with Crippen molar-refractivity contribution in [2.45, 2.75) is 50.9 Å². The van der Waals surface area contributed by atoms with Crippen LogP contribution in [0.25, 0.3) is 10.6 Å². The average molecular weight is 437 g/mol. The number of hydrogen-bond acceptors (Lipinski definition) is 5. The molecule has 5 nitrogen and oxygen atoms in total. The molecule has 6 heteroatoms. The predicted molar refractivity (Wildman–Crippen MR) is 123 cm³/mol. The zero-order chi connectivity index (χ0) is 22.1. The molecule has 1 N–H and O–H groups in total. The summed E-state index contributed by atoms with van der Waals surface area (Å²) in [7, 11) is 0. The molecular weight excluding hydrogens is 408 g/mol. The Bertz CT molecular complexity index is 1010. The Morgan fingerprint density at radius 1 is 1.19 bits per heavy atom. The molecule has 4 rings (SSSR count). The van der Waals surface area contributed by atoms with Gasteiger partial charge in [-0.25, -0.2) is 9.78 Å². The number of carbonyl (C=O) groups excluding carboxylic acids is 1. The van der Waals surface area contributed by atoms with E-state index in [4.69, 9.17) is 4.74 Å². The number of hydrogen-bond donors (Lipinski definition) is 1. The average Bonchev–Trinajstić information content (AvgIpc) is 3.28. The van der Waals surface area contributed by atoms with Crippen molar-refractivity contribution in [2.75, 3.05) is 6.54 Å². The topological polar surface area (TPSA) is 62.7 Å². The fourth-order valence-electron chi connectivity index (χ4n) is 4.34. The van der Waals surface area contributed by atoms with E-state index < -0.39 is 11.2 Å². The van der Waals surface area contributed by atoms with Crippen molar-refractivity contribution in [1.29, 1.82) is 0 Å². The van der Waals surface area contributed by atoms with Gasteiger partial charge >= 0.3 is 6.09 Å². The lowest BCUT2D eigenvalue weighted by Gasteiger charge is -2.45. The van der Waals surface area contributed by atoms with Gasteiger partial charge in [0.1, 0.15) is 10.6 Å². The van der Waals surface area contributed by atoms with Gasteiger partial charge in [0.2, 0.25) is 0 Å². The lowest BCUT2D eigenvalue weighted by Crippen LogP contribution is -2.51. The number of cyclic esters (lactones) is 1. The number of benzene rings is 2. The summed E-state index contributed by atoms with van der Waals surface area (Å²) in [5.41, 5.74) is 1.25. The molecule has 2 heterocycles. The Morgan fingerprint density at radius 2 is 1.90 bits per heavy atom. The van der Waals surface area contributed by atoms with Crippen LogP contribution in [-0.2, 0) is 10.3 Å². The highest BCUT2D eigenvalue weighted by molar-refractivity contribution is 7.13. The normalized spacial score (nSPS) is 20.4. The summed E-state index contributed by atoms with van der Waals surface area (Å²) in [6.45, 7) is 6.08. The first-order chi connectivity index (χ1) is 14.8. The molecule has 0 aliphatic carbocycles. The van der Waals surface area contributed by atoms with Crippen molar-refractivity contribution in [3.63, 3.8) is 0 Å². The molecule has 1 aliphatic rings. The predicted octanol–water partition coefficient (Wildman–Crippen LogP) is 5.77. The van der Waals surface area contributed by atoms with Gasteiger partial charge in [-0.15, -0.1) is 11.3 Å². The molecule has 1 amide bonds. The van der Waals surface area contributed by atoms with Gasteiger partial charge in [0.15, 0.2) is 0 Å². The van der Waals surface area contributed by atoms with E-state index in [9.17, 15) is 9.90 Å². The molecule has 162 valence electrons. The number of carbonyl (C=O) groups is 1. The van der Waals surface area contributed by atoms with Gasteiger partial charge in [0.25, 0.3) is 0 Å². The monoisotopic (exact) mass is 436 g/mol. The fourth-order valence-corrected chi connectivity index (χ4v) is 4.99. The van der Waals surface area contributed by atoms with E-state index in [0.29, 0.717) is 19.4 Å². The molecule has 2 aromatic carbocycles. The number of thiazole rings is 1. The van der Waals surface area contributed by atoms with Crippen molar-refractivity contribution in [3.05, 3.63) is 77.3 Å². The van der Waals surface area contributed by atoms with Crippen LogP contribution in [0.15, 0.2) is 66.2 Å². The molecule has 1 saturated heterocycles. The lowest BCUT2D eigenvalue weighted by molar-refractivity contribution is -0.101. The number of rotatable bonds is 6. The third kappa shape index (κ3) is 4.65. The quantitative estimate of drug-likeness (QED) is 0.533. The summed E-state index contributed by atoms with van der Waals surface area (Å²) < 4.78 is 6.09. The molecule has 1 fully saturated rings. The summed E-state index contributed by atoms with van der Waals surface area (Å²) in [6, 6.07) is 17.8. The Hall–Kier alpha value is -2.70. The molecule has 1 aromatic heterocycles. The molecule has 2 atom stereocenters. The minimum Gasteiger partial charge on any atom is -0.438 e. The van der Waals surface area contributed by atoms with Crippen LogP contribution in [0.1, 0.15) is 50.8 Å². The molecule has 3 aromatic rings. The van der Waals surface area contributed by atoms with E-state index in [1.165, 1.54) is 0 Å². The Labute approximate surface area is 187 Å². The summed E-state index contributed by atoms with van der Waals surface area (Å²) in [4.78, 5) is 19.3. The maximum Gasteiger partial charge on any atom is 0.411 e. The highest BCUT2D eigenvalue weighted by atomic mass is 32.1. The SMILES string of the molecule is CC(c1ccc(-c2nccs2)cc1)N1CC[C@](CC(C)(C)O)(c2ccccc2)OC1=O. The van der Waals surface area contributed by atoms with Crippen molar-refractivity contribution in [1.82, 2.24) is 9.88 Å². The molecule has 31 heavy (non-hydrogen) atoms. The second-order valence-corrected chi connectivity index (χ2v) is 9.69. The standard InChI is InChI=1S/C25H28N2O3S/c1-18(19-9-11-20(12-10-19)22-26-14-16-31-22)27-15-13-25(30-23(27)28,17-24(2,3)29)21-7-5-4-6-8-21/h4-12,14,16,18,29H,13,15,17H2,1-3H3/t18?,25-/m0/s1. The van der Waals surface area contributed by atoms with Crippen LogP contribution >= 0.6 is 11.3 Å². The number of amides is 1. The van der Waals surface area contributed by atoms with Crippen LogP contribution < -0.4 is 0 Å². The minimum atomic E-state index is -0.963. The van der Waals surface area contributed by atoms with Gasteiger partial charge in [-0.3, -0.25) is 0 Å². The van der Waals surface area contributed by atoms with E-state index in [1.54, 1.807) is 36.3 Å². The van der Waals surface area contributed by atoms with Crippen molar-refractivity contribution < 1.29 is 14.6 Å². The number of nitrogens with zero attached hydrogens (tertiary/aromatic N) is 2. The number of aliphatic hydroxyl groups is 1. The third-order valence-electron chi connectivity index (χ3n) is 5.83. The highest BCUT2D eigenvalue weighted by Crippen LogP contribution is 2.42. The summed E-state index contributed by atoms with van der Waals surface area (Å²) in [5, 5.41) is 13.5. The second-order valence-electron chi connectivity index (χ2n) is 8.80. The van der Waals surface area contributed by atoms with Crippen LogP contribution in [0.5, 0.6) is 0 Å².